The Morgan fingerprint density at radius 2 is 1.94 bits per heavy atom. The van der Waals surface area contributed by atoms with Crippen molar-refractivity contribution in [3.63, 3.8) is 0 Å². The molecule has 1 unspecified atom stereocenters. The van der Waals surface area contributed by atoms with Gasteiger partial charge in [-0.25, -0.2) is 0 Å². The van der Waals surface area contributed by atoms with Crippen LogP contribution < -0.4 is 15.4 Å². The number of amides is 1. The zero-order valence-corrected chi connectivity index (χ0v) is 17.9. The van der Waals surface area contributed by atoms with E-state index in [1.165, 1.54) is 19.9 Å². The van der Waals surface area contributed by atoms with E-state index >= 15 is 0 Å². The fraction of sp³-hybridized carbons (Fsp3) is 0.278. The van der Waals surface area contributed by atoms with Crippen molar-refractivity contribution in [3.05, 3.63) is 57.1 Å². The van der Waals surface area contributed by atoms with Crippen LogP contribution in [0, 0.1) is 10.1 Å². The molecule has 0 saturated heterocycles. The summed E-state index contributed by atoms with van der Waals surface area (Å²) in [5, 5.41) is 13.1. The van der Waals surface area contributed by atoms with Gasteiger partial charge in [0.05, 0.1) is 15.5 Å². The van der Waals surface area contributed by atoms with E-state index in [2.05, 4.69) is 5.32 Å². The molecule has 0 radical (unpaired) electrons. The third-order valence-electron chi connectivity index (χ3n) is 4.01. The normalized spacial score (nSPS) is 13.4. The van der Waals surface area contributed by atoms with Crippen LogP contribution in [-0.2, 0) is 20.1 Å². The summed E-state index contributed by atoms with van der Waals surface area (Å²) < 4.78 is 62.3. The smallest absolute Gasteiger partial charge is 0.416 e. The minimum atomic E-state index is -4.60. The number of hydrogen-bond donors (Lipinski definition) is 1. The van der Waals surface area contributed by atoms with Gasteiger partial charge in [-0.3, -0.25) is 19.5 Å². The van der Waals surface area contributed by atoms with Gasteiger partial charge in [0.25, 0.3) is 5.69 Å². The van der Waals surface area contributed by atoms with Crippen molar-refractivity contribution in [1.82, 2.24) is 5.32 Å². The summed E-state index contributed by atoms with van der Waals surface area (Å²) in [6, 6.07) is 5.76. The summed E-state index contributed by atoms with van der Waals surface area (Å²) >= 11 is 5.87. The maximum atomic E-state index is 13.2. The van der Waals surface area contributed by atoms with Gasteiger partial charge in [0.1, 0.15) is 23.5 Å². The van der Waals surface area contributed by atoms with E-state index in [-0.39, 0.29) is 28.0 Å². The molecule has 0 aliphatic rings. The first-order valence-corrected chi connectivity index (χ1v) is 10.9. The largest absolute Gasteiger partial charge is 0.456 e. The third kappa shape index (κ3) is 6.19. The summed E-state index contributed by atoms with van der Waals surface area (Å²) in [7, 11) is -3.79. The summed E-state index contributed by atoms with van der Waals surface area (Å²) in [5.74, 6) is -0.648. The molecule has 0 aromatic heterocycles. The Morgan fingerprint density at radius 1 is 1.26 bits per heavy atom. The Hall–Kier alpha value is -2.62. The number of nitro groups is 1. The minimum Gasteiger partial charge on any atom is -0.456 e. The number of nitrogens with one attached hydrogen (secondary N) is 1. The molecule has 13 heteroatoms. The maximum absolute atomic E-state index is 13.2. The second-order valence-corrected chi connectivity index (χ2v) is 9.28. The topological polar surface area (TPSA) is 108 Å². The molecule has 0 spiro atoms. The molecule has 2 aromatic rings. The zero-order chi connectivity index (χ0) is 23.4. The van der Waals surface area contributed by atoms with Crippen molar-refractivity contribution in [2.75, 3.05) is 12.9 Å². The van der Waals surface area contributed by atoms with Gasteiger partial charge in [0.15, 0.2) is 0 Å². The monoisotopic (exact) mass is 480 g/mol. The summed E-state index contributed by atoms with van der Waals surface area (Å²) in [6.07, 6.45) is -4.72. The van der Waals surface area contributed by atoms with Gasteiger partial charge in [-0.1, -0.05) is 18.5 Å². The molecule has 8 nitrogen and oxygen atoms in total. The predicted octanol–water partition coefficient (Wildman–Crippen LogP) is 5.09. The molecule has 2 rings (SSSR count). The predicted molar refractivity (Wildman–Crippen MR) is 107 cm³/mol. The van der Waals surface area contributed by atoms with Crippen LogP contribution in [-0.4, -0.2) is 23.7 Å². The second-order valence-electron chi connectivity index (χ2n) is 6.15. The number of ether oxygens (including phenoxy) is 1. The number of halogens is 4. The molecule has 0 aliphatic heterocycles. The standard InChI is InChI=1S/C18H17ClF3N2O6P/c1-3-31(28,29-10-23-11(2)25)17-9-13(5-6-15(17)24(26)27)30-16-7-4-12(8-14(16)19)18(20,21)22/h4-9H,3,10H2,1-2H3,(H,23,25). The van der Waals surface area contributed by atoms with E-state index in [4.69, 9.17) is 20.9 Å². The Balaban J connectivity index is 2.42. The van der Waals surface area contributed by atoms with Crippen LogP contribution in [0.2, 0.25) is 5.02 Å². The molecule has 31 heavy (non-hydrogen) atoms. The van der Waals surface area contributed by atoms with Crippen LogP contribution >= 0.6 is 19.0 Å². The molecule has 0 saturated carbocycles. The highest BCUT2D eigenvalue weighted by Crippen LogP contribution is 2.48. The quantitative estimate of drug-likeness (QED) is 0.244. The van der Waals surface area contributed by atoms with Crippen LogP contribution in [0.4, 0.5) is 18.9 Å². The van der Waals surface area contributed by atoms with Gasteiger partial charge in [-0.15, -0.1) is 0 Å². The molecule has 168 valence electrons. The first-order valence-electron chi connectivity index (χ1n) is 8.69. The molecule has 0 heterocycles. The first kappa shape index (κ1) is 24.6. The SMILES string of the molecule is CCP(=O)(OCNC(C)=O)c1cc(Oc2ccc(C(F)(F)F)cc2Cl)ccc1[N+](=O)[O-]. The van der Waals surface area contributed by atoms with Gasteiger partial charge in [-0.05, 0) is 24.3 Å². The molecule has 0 aliphatic carbocycles. The fourth-order valence-corrected chi connectivity index (χ4v) is 4.43. The van der Waals surface area contributed by atoms with Crippen molar-refractivity contribution in [2.24, 2.45) is 0 Å². The highest BCUT2D eigenvalue weighted by molar-refractivity contribution is 7.67. The van der Waals surface area contributed by atoms with E-state index in [9.17, 15) is 32.6 Å². The van der Waals surface area contributed by atoms with Gasteiger partial charge in [0, 0.05) is 25.2 Å². The summed E-state index contributed by atoms with van der Waals surface area (Å²) in [4.78, 5) is 21.7. The van der Waals surface area contributed by atoms with E-state index in [1.807, 2.05) is 0 Å². The average molecular weight is 481 g/mol. The molecule has 1 atom stereocenters. The van der Waals surface area contributed by atoms with Crippen LogP contribution in [0.1, 0.15) is 19.4 Å². The fourth-order valence-electron chi connectivity index (χ4n) is 2.45. The van der Waals surface area contributed by atoms with E-state index < -0.39 is 42.4 Å². The number of nitro benzene ring substituents is 1. The van der Waals surface area contributed by atoms with Crippen molar-refractivity contribution >= 4 is 35.9 Å². The Bertz CT molecular complexity index is 1050. The van der Waals surface area contributed by atoms with Crippen molar-refractivity contribution in [1.29, 1.82) is 0 Å². The molecule has 0 bridgehead atoms. The van der Waals surface area contributed by atoms with E-state index in [1.54, 1.807) is 0 Å². The van der Waals surface area contributed by atoms with Crippen LogP contribution in [0.3, 0.4) is 0 Å². The molecule has 2 aromatic carbocycles. The Labute approximate surface area is 179 Å². The highest BCUT2D eigenvalue weighted by Gasteiger charge is 2.33. The average Bonchev–Trinajstić information content (AvgIpc) is 2.68. The van der Waals surface area contributed by atoms with Crippen molar-refractivity contribution < 1.29 is 36.7 Å². The van der Waals surface area contributed by atoms with Crippen LogP contribution in [0.25, 0.3) is 0 Å². The van der Waals surface area contributed by atoms with Crippen molar-refractivity contribution in [3.8, 4) is 11.5 Å². The van der Waals surface area contributed by atoms with Crippen LogP contribution in [0.15, 0.2) is 36.4 Å². The molecular formula is C18H17ClF3N2O6P. The zero-order valence-electron chi connectivity index (χ0n) is 16.2. The molecular weight excluding hydrogens is 464 g/mol. The number of alkyl halides is 3. The van der Waals surface area contributed by atoms with Gasteiger partial charge >= 0.3 is 6.18 Å². The van der Waals surface area contributed by atoms with Gasteiger partial charge in [0.2, 0.25) is 13.3 Å². The Kier molecular flexibility index (Phi) is 7.69. The number of carbonyl (C=O) groups excluding carboxylic acids is 1. The van der Waals surface area contributed by atoms with Gasteiger partial charge in [-0.2, -0.15) is 13.2 Å². The number of rotatable bonds is 8. The Morgan fingerprint density at radius 3 is 2.45 bits per heavy atom. The number of nitrogens with zero attached hydrogens (tertiary/aromatic N) is 1. The lowest BCUT2D eigenvalue weighted by Gasteiger charge is -2.18. The summed E-state index contributed by atoms with van der Waals surface area (Å²) in [5.41, 5.74) is -1.48. The number of carbonyl (C=O) groups is 1. The van der Waals surface area contributed by atoms with Gasteiger partial charge < -0.3 is 14.6 Å². The lowest BCUT2D eigenvalue weighted by Crippen LogP contribution is -2.25. The third-order valence-corrected chi connectivity index (χ3v) is 6.77. The number of hydrogen-bond acceptors (Lipinski definition) is 6. The van der Waals surface area contributed by atoms with E-state index in [0.717, 1.165) is 24.3 Å². The lowest BCUT2D eigenvalue weighted by atomic mass is 10.2. The lowest BCUT2D eigenvalue weighted by molar-refractivity contribution is -0.383. The number of benzene rings is 2. The van der Waals surface area contributed by atoms with Crippen LogP contribution in [0.5, 0.6) is 11.5 Å². The highest BCUT2D eigenvalue weighted by atomic mass is 35.5. The molecule has 0 fully saturated rings. The first-order chi connectivity index (χ1) is 14.4. The van der Waals surface area contributed by atoms with E-state index in [0.29, 0.717) is 6.07 Å². The minimum absolute atomic E-state index is 0.0564. The summed E-state index contributed by atoms with van der Waals surface area (Å²) in [6.45, 7) is 2.26. The van der Waals surface area contributed by atoms with Crippen molar-refractivity contribution in [2.45, 2.75) is 20.0 Å². The molecule has 1 N–H and O–H groups in total. The molecule has 1 amide bonds. The maximum Gasteiger partial charge on any atom is 0.416 e. The second kappa shape index (κ2) is 9.67.